The Kier molecular flexibility index (Phi) is 5.48. The highest BCUT2D eigenvalue weighted by Gasteiger charge is 2.40. The number of furan rings is 1. The van der Waals surface area contributed by atoms with Gasteiger partial charge >= 0.3 is 0 Å². The van der Waals surface area contributed by atoms with Crippen LogP contribution in [-0.4, -0.2) is 33.9 Å². The molecule has 2 unspecified atom stereocenters. The maximum atomic E-state index is 13.0. The van der Waals surface area contributed by atoms with Crippen molar-refractivity contribution in [2.24, 2.45) is 0 Å². The number of nitrogens with one attached hydrogen (secondary N) is 1. The van der Waals surface area contributed by atoms with E-state index in [2.05, 4.69) is 5.32 Å². The number of rotatable bonds is 5. The lowest BCUT2D eigenvalue weighted by Crippen LogP contribution is -2.49. The van der Waals surface area contributed by atoms with E-state index in [0.29, 0.717) is 23.6 Å². The molecule has 1 N–H and O–H groups in total. The largest absolute Gasteiger partial charge is 0.467 e. The molecule has 2 amide bonds. The van der Waals surface area contributed by atoms with Crippen molar-refractivity contribution < 1.29 is 14.0 Å². The summed E-state index contributed by atoms with van der Waals surface area (Å²) in [6, 6.07) is 10.7. The number of hydrogen-bond acceptors (Lipinski definition) is 4. The number of carbonyl (C=O) groups is 2. The van der Waals surface area contributed by atoms with Crippen LogP contribution in [0.3, 0.4) is 0 Å². The topological polar surface area (TPSA) is 62.6 Å². The summed E-state index contributed by atoms with van der Waals surface area (Å²) in [5, 5.41) is 2.90. The van der Waals surface area contributed by atoms with E-state index in [0.717, 1.165) is 12.0 Å². The fraction of sp³-hybridized carbons (Fsp3) is 0.368. The van der Waals surface area contributed by atoms with Crippen LogP contribution in [0.25, 0.3) is 0 Å². The average molecular weight is 358 g/mol. The van der Waals surface area contributed by atoms with E-state index in [1.54, 1.807) is 29.0 Å². The molecule has 0 aliphatic carbocycles. The van der Waals surface area contributed by atoms with Crippen LogP contribution >= 0.6 is 11.8 Å². The summed E-state index contributed by atoms with van der Waals surface area (Å²) in [5.41, 5.74) is 1.66. The van der Waals surface area contributed by atoms with Gasteiger partial charge in [-0.1, -0.05) is 24.6 Å². The van der Waals surface area contributed by atoms with Crippen molar-refractivity contribution in [2.75, 3.05) is 5.75 Å². The Bertz CT molecular complexity index is 745. The number of thioether (sulfide) groups is 1. The molecule has 1 saturated heterocycles. The van der Waals surface area contributed by atoms with E-state index in [-0.39, 0.29) is 17.2 Å². The average Bonchev–Trinajstić information content (AvgIpc) is 3.28. The first-order chi connectivity index (χ1) is 12.1. The summed E-state index contributed by atoms with van der Waals surface area (Å²) in [7, 11) is 0. The first-order valence-electron chi connectivity index (χ1n) is 8.41. The molecule has 2 heterocycles. The molecule has 1 fully saturated rings. The minimum atomic E-state index is -0.460. The third-order valence-corrected chi connectivity index (χ3v) is 5.71. The monoisotopic (exact) mass is 358 g/mol. The zero-order valence-electron chi connectivity index (χ0n) is 14.4. The highest BCUT2D eigenvalue weighted by Crippen LogP contribution is 2.32. The summed E-state index contributed by atoms with van der Waals surface area (Å²) in [4.78, 5) is 27.4. The fourth-order valence-corrected chi connectivity index (χ4v) is 4.34. The second kappa shape index (κ2) is 7.78. The van der Waals surface area contributed by atoms with Crippen molar-refractivity contribution in [1.82, 2.24) is 10.2 Å². The van der Waals surface area contributed by atoms with Crippen LogP contribution in [0.15, 0.2) is 47.1 Å². The minimum Gasteiger partial charge on any atom is -0.467 e. The Morgan fingerprint density at radius 3 is 2.84 bits per heavy atom. The maximum absolute atomic E-state index is 13.0. The van der Waals surface area contributed by atoms with Gasteiger partial charge in [-0.2, -0.15) is 0 Å². The van der Waals surface area contributed by atoms with E-state index < -0.39 is 6.04 Å². The van der Waals surface area contributed by atoms with Gasteiger partial charge in [-0.3, -0.25) is 9.59 Å². The van der Waals surface area contributed by atoms with E-state index in [1.165, 1.54) is 0 Å². The van der Waals surface area contributed by atoms with Gasteiger partial charge < -0.3 is 14.6 Å². The lowest BCUT2D eigenvalue weighted by molar-refractivity contribution is -0.125. The highest BCUT2D eigenvalue weighted by molar-refractivity contribution is 8.00. The first kappa shape index (κ1) is 17.6. The Balaban J connectivity index is 1.75. The molecule has 25 heavy (non-hydrogen) atoms. The van der Waals surface area contributed by atoms with Crippen molar-refractivity contribution in [1.29, 1.82) is 0 Å². The van der Waals surface area contributed by atoms with Crippen LogP contribution in [0.4, 0.5) is 0 Å². The summed E-state index contributed by atoms with van der Waals surface area (Å²) in [5.74, 6) is 1.09. The third-order valence-electron chi connectivity index (χ3n) is 4.26. The van der Waals surface area contributed by atoms with Crippen LogP contribution < -0.4 is 5.32 Å². The van der Waals surface area contributed by atoms with E-state index in [1.807, 2.05) is 44.2 Å². The number of benzene rings is 1. The molecule has 1 aromatic heterocycles. The number of amides is 2. The van der Waals surface area contributed by atoms with E-state index in [4.69, 9.17) is 4.42 Å². The number of carbonyl (C=O) groups excluding carboxylic acids is 2. The lowest BCUT2D eigenvalue weighted by atomic mass is 10.1. The molecule has 2 aromatic rings. The van der Waals surface area contributed by atoms with Gasteiger partial charge in [0.05, 0.1) is 18.2 Å². The zero-order valence-corrected chi connectivity index (χ0v) is 15.2. The quantitative estimate of drug-likeness (QED) is 0.892. The maximum Gasteiger partial charge on any atom is 0.255 e. The van der Waals surface area contributed by atoms with Crippen LogP contribution in [0.2, 0.25) is 0 Å². The molecule has 0 spiro atoms. The molecule has 1 aromatic carbocycles. The second-order valence-electron chi connectivity index (χ2n) is 6.09. The minimum absolute atomic E-state index is 0.0207. The SMILES string of the molecule is CCC1SCC(C(=O)NCc2ccco2)N1C(=O)c1cccc(C)c1. The summed E-state index contributed by atoms with van der Waals surface area (Å²) in [6.45, 7) is 4.33. The predicted octanol–water partition coefficient (Wildman–Crippen LogP) is 3.20. The van der Waals surface area contributed by atoms with Crippen molar-refractivity contribution in [3.8, 4) is 0 Å². The van der Waals surface area contributed by atoms with Gasteiger partial charge in [-0.15, -0.1) is 11.8 Å². The summed E-state index contributed by atoms with van der Waals surface area (Å²) >= 11 is 1.66. The molecular formula is C19H22N2O3S. The van der Waals surface area contributed by atoms with Crippen molar-refractivity contribution in [2.45, 2.75) is 38.2 Å². The molecule has 0 radical (unpaired) electrons. The van der Waals surface area contributed by atoms with Crippen LogP contribution in [-0.2, 0) is 11.3 Å². The van der Waals surface area contributed by atoms with Gasteiger partial charge in [0.1, 0.15) is 11.8 Å². The van der Waals surface area contributed by atoms with Crippen LogP contribution in [0, 0.1) is 6.92 Å². The number of hydrogen-bond donors (Lipinski definition) is 1. The number of aryl methyl sites for hydroxylation is 1. The zero-order chi connectivity index (χ0) is 17.8. The molecule has 5 nitrogen and oxygen atoms in total. The molecule has 1 aliphatic heterocycles. The Labute approximate surface area is 151 Å². The highest BCUT2D eigenvalue weighted by atomic mass is 32.2. The lowest BCUT2D eigenvalue weighted by Gasteiger charge is -2.28. The van der Waals surface area contributed by atoms with Crippen molar-refractivity contribution in [3.63, 3.8) is 0 Å². The van der Waals surface area contributed by atoms with Crippen molar-refractivity contribution >= 4 is 23.6 Å². The molecule has 0 saturated carbocycles. The number of nitrogens with zero attached hydrogens (tertiary/aromatic N) is 1. The molecule has 132 valence electrons. The summed E-state index contributed by atoms with van der Waals surface area (Å²) < 4.78 is 5.25. The van der Waals surface area contributed by atoms with Crippen LogP contribution in [0.1, 0.15) is 35.0 Å². The smallest absolute Gasteiger partial charge is 0.255 e. The van der Waals surface area contributed by atoms with Gasteiger partial charge in [-0.25, -0.2) is 0 Å². The Hall–Kier alpha value is -2.21. The van der Waals surface area contributed by atoms with Gasteiger partial charge in [0.2, 0.25) is 5.91 Å². The first-order valence-corrected chi connectivity index (χ1v) is 9.46. The molecule has 6 heteroatoms. The molecular weight excluding hydrogens is 336 g/mol. The molecule has 3 rings (SSSR count). The molecule has 1 aliphatic rings. The van der Waals surface area contributed by atoms with Gasteiger partial charge in [0, 0.05) is 11.3 Å². The normalized spacial score (nSPS) is 19.8. The molecule has 2 atom stereocenters. The predicted molar refractivity (Wildman–Crippen MR) is 98.2 cm³/mol. The fourth-order valence-electron chi connectivity index (χ4n) is 2.98. The Morgan fingerprint density at radius 2 is 2.16 bits per heavy atom. The van der Waals surface area contributed by atoms with Gasteiger partial charge in [0.25, 0.3) is 5.91 Å². The van der Waals surface area contributed by atoms with Crippen LogP contribution in [0.5, 0.6) is 0 Å². The second-order valence-corrected chi connectivity index (χ2v) is 7.30. The van der Waals surface area contributed by atoms with E-state index >= 15 is 0 Å². The summed E-state index contributed by atoms with van der Waals surface area (Å²) in [6.07, 6.45) is 2.39. The Morgan fingerprint density at radius 1 is 1.32 bits per heavy atom. The third kappa shape index (κ3) is 3.90. The van der Waals surface area contributed by atoms with Gasteiger partial charge in [-0.05, 0) is 37.6 Å². The van der Waals surface area contributed by atoms with E-state index in [9.17, 15) is 9.59 Å². The standard InChI is InChI=1S/C19H22N2O3S/c1-3-17-21(19(23)14-7-4-6-13(2)10-14)16(12-25-17)18(22)20-11-15-8-5-9-24-15/h4-10,16-17H,3,11-12H2,1-2H3,(H,20,22). The molecule has 0 bridgehead atoms. The van der Waals surface area contributed by atoms with Gasteiger partial charge in [0.15, 0.2) is 0 Å². The van der Waals surface area contributed by atoms with Crippen molar-refractivity contribution in [3.05, 3.63) is 59.5 Å².